The van der Waals surface area contributed by atoms with Gasteiger partial charge in [-0.3, -0.25) is 4.79 Å². The van der Waals surface area contributed by atoms with Gasteiger partial charge in [-0.15, -0.1) is 0 Å². The maximum Gasteiger partial charge on any atom is 0.173 e. The fourth-order valence-electron chi connectivity index (χ4n) is 2.00. The van der Waals surface area contributed by atoms with E-state index in [1.165, 1.54) is 6.92 Å². The standard InChI is InChI=1S/C13H18O5/c1-10(14)6-13(2)17-9-12(18-13)8-15-7-11-4-3-5-16-11/h3-5,12H,6-9H2,1-2H3. The molecule has 1 saturated heterocycles. The first kappa shape index (κ1) is 13.3. The predicted octanol–water partition coefficient (Wildman–Crippen LogP) is 1.91. The molecule has 18 heavy (non-hydrogen) atoms. The third kappa shape index (κ3) is 3.66. The minimum atomic E-state index is -0.801. The number of rotatable bonds is 6. The molecule has 100 valence electrons. The van der Waals surface area contributed by atoms with Gasteiger partial charge in [-0.2, -0.15) is 0 Å². The second kappa shape index (κ2) is 5.65. The number of carbonyl (C=O) groups is 1. The van der Waals surface area contributed by atoms with Crippen molar-refractivity contribution in [2.24, 2.45) is 0 Å². The average molecular weight is 254 g/mol. The fourth-order valence-corrected chi connectivity index (χ4v) is 2.00. The van der Waals surface area contributed by atoms with Gasteiger partial charge in [-0.1, -0.05) is 0 Å². The molecule has 1 fully saturated rings. The Morgan fingerprint density at radius 2 is 2.44 bits per heavy atom. The molecule has 1 aliphatic heterocycles. The van der Waals surface area contributed by atoms with Crippen LogP contribution in [0.5, 0.6) is 0 Å². The van der Waals surface area contributed by atoms with Crippen molar-refractivity contribution in [2.75, 3.05) is 13.2 Å². The van der Waals surface area contributed by atoms with Crippen molar-refractivity contribution in [1.82, 2.24) is 0 Å². The minimum Gasteiger partial charge on any atom is -0.467 e. The second-order valence-corrected chi connectivity index (χ2v) is 4.66. The number of Topliss-reactive ketones (excluding diaryl/α,β-unsaturated/α-hetero) is 1. The zero-order chi connectivity index (χ0) is 13.0. The molecule has 2 atom stereocenters. The van der Waals surface area contributed by atoms with Crippen LogP contribution in [0.4, 0.5) is 0 Å². The van der Waals surface area contributed by atoms with E-state index in [4.69, 9.17) is 18.6 Å². The summed E-state index contributed by atoms with van der Waals surface area (Å²) in [6.45, 7) is 4.59. The fraction of sp³-hybridized carbons (Fsp3) is 0.615. The molecule has 5 nitrogen and oxygen atoms in total. The van der Waals surface area contributed by atoms with Crippen LogP contribution in [0, 0.1) is 0 Å². The first-order valence-electron chi connectivity index (χ1n) is 5.99. The van der Waals surface area contributed by atoms with E-state index in [9.17, 15) is 4.79 Å². The molecular formula is C13H18O5. The summed E-state index contributed by atoms with van der Waals surface area (Å²) in [5.41, 5.74) is 0. The van der Waals surface area contributed by atoms with Crippen molar-refractivity contribution in [3.05, 3.63) is 24.2 Å². The number of ketones is 1. The van der Waals surface area contributed by atoms with Crippen molar-refractivity contribution in [3.8, 4) is 0 Å². The van der Waals surface area contributed by atoms with Gasteiger partial charge in [0.05, 0.1) is 25.9 Å². The molecule has 2 heterocycles. The molecule has 0 bridgehead atoms. The van der Waals surface area contributed by atoms with Crippen molar-refractivity contribution >= 4 is 5.78 Å². The lowest BCUT2D eigenvalue weighted by molar-refractivity contribution is -0.169. The molecule has 2 unspecified atom stereocenters. The summed E-state index contributed by atoms with van der Waals surface area (Å²) in [6.07, 6.45) is 1.74. The van der Waals surface area contributed by atoms with Crippen LogP contribution in [-0.4, -0.2) is 30.9 Å². The van der Waals surface area contributed by atoms with Gasteiger partial charge in [0.15, 0.2) is 5.79 Å². The minimum absolute atomic E-state index is 0.0506. The van der Waals surface area contributed by atoms with Crippen LogP contribution in [0.3, 0.4) is 0 Å². The van der Waals surface area contributed by atoms with E-state index < -0.39 is 5.79 Å². The van der Waals surface area contributed by atoms with Crippen molar-refractivity contribution in [3.63, 3.8) is 0 Å². The second-order valence-electron chi connectivity index (χ2n) is 4.66. The summed E-state index contributed by atoms with van der Waals surface area (Å²) in [4.78, 5) is 11.1. The van der Waals surface area contributed by atoms with Crippen LogP contribution >= 0.6 is 0 Å². The molecule has 2 rings (SSSR count). The lowest BCUT2D eigenvalue weighted by Crippen LogP contribution is -2.30. The van der Waals surface area contributed by atoms with E-state index in [-0.39, 0.29) is 18.3 Å². The van der Waals surface area contributed by atoms with Crippen LogP contribution in [0.1, 0.15) is 26.0 Å². The third-order valence-electron chi connectivity index (χ3n) is 2.69. The number of ether oxygens (including phenoxy) is 3. The normalized spacial score (nSPS) is 27.6. The van der Waals surface area contributed by atoms with Gasteiger partial charge < -0.3 is 18.6 Å². The van der Waals surface area contributed by atoms with Gasteiger partial charge in [-0.25, -0.2) is 0 Å². The monoisotopic (exact) mass is 254 g/mol. The molecule has 0 saturated carbocycles. The first-order valence-corrected chi connectivity index (χ1v) is 5.99. The summed E-state index contributed by atoms with van der Waals surface area (Å²) in [5.74, 6) is 0.0277. The highest BCUT2D eigenvalue weighted by Crippen LogP contribution is 2.27. The highest BCUT2D eigenvalue weighted by atomic mass is 16.7. The first-order chi connectivity index (χ1) is 8.57. The van der Waals surface area contributed by atoms with Gasteiger partial charge in [-0.05, 0) is 26.0 Å². The van der Waals surface area contributed by atoms with Gasteiger partial charge >= 0.3 is 0 Å². The Labute approximate surface area is 106 Å². The quantitative estimate of drug-likeness (QED) is 0.776. The van der Waals surface area contributed by atoms with Gasteiger partial charge in [0.1, 0.15) is 24.3 Å². The summed E-state index contributed by atoms with van der Waals surface area (Å²) < 4.78 is 21.8. The van der Waals surface area contributed by atoms with Crippen molar-refractivity contribution < 1.29 is 23.4 Å². The number of furan rings is 1. The number of hydrogen-bond acceptors (Lipinski definition) is 5. The third-order valence-corrected chi connectivity index (χ3v) is 2.69. The molecule has 1 aliphatic rings. The zero-order valence-electron chi connectivity index (χ0n) is 10.7. The zero-order valence-corrected chi connectivity index (χ0v) is 10.7. The molecule has 0 spiro atoms. The Bertz CT molecular complexity index is 386. The maximum absolute atomic E-state index is 11.1. The van der Waals surface area contributed by atoms with E-state index >= 15 is 0 Å². The average Bonchev–Trinajstić information content (AvgIpc) is 2.88. The number of carbonyl (C=O) groups excluding carboxylic acids is 1. The van der Waals surface area contributed by atoms with Crippen LogP contribution in [-0.2, 0) is 25.6 Å². The van der Waals surface area contributed by atoms with Crippen molar-refractivity contribution in [2.45, 2.75) is 38.8 Å². The molecule has 5 heteroatoms. The molecule has 0 N–H and O–H groups in total. The molecule has 0 amide bonds. The SMILES string of the molecule is CC(=O)CC1(C)OCC(COCc2ccco2)O1. The Morgan fingerprint density at radius 1 is 1.61 bits per heavy atom. The van der Waals surface area contributed by atoms with Crippen LogP contribution in [0.2, 0.25) is 0 Å². The summed E-state index contributed by atoms with van der Waals surface area (Å²) >= 11 is 0. The molecule has 1 aromatic heterocycles. The highest BCUT2D eigenvalue weighted by molar-refractivity contribution is 5.76. The lowest BCUT2D eigenvalue weighted by atomic mass is 10.2. The largest absolute Gasteiger partial charge is 0.467 e. The molecular weight excluding hydrogens is 236 g/mol. The maximum atomic E-state index is 11.1. The number of hydrogen-bond donors (Lipinski definition) is 0. The van der Waals surface area contributed by atoms with Crippen LogP contribution in [0.15, 0.2) is 22.8 Å². The van der Waals surface area contributed by atoms with Gasteiger partial charge in [0, 0.05) is 0 Å². The van der Waals surface area contributed by atoms with Gasteiger partial charge in [0.25, 0.3) is 0 Å². The summed E-state index contributed by atoms with van der Waals surface area (Å²) in [7, 11) is 0. The molecule has 1 aromatic rings. The Hall–Kier alpha value is -1.17. The predicted molar refractivity (Wildman–Crippen MR) is 62.9 cm³/mol. The Balaban J connectivity index is 1.71. The topological polar surface area (TPSA) is 57.9 Å². The Kier molecular flexibility index (Phi) is 4.16. The van der Waals surface area contributed by atoms with Crippen LogP contribution in [0.25, 0.3) is 0 Å². The van der Waals surface area contributed by atoms with Crippen LogP contribution < -0.4 is 0 Å². The van der Waals surface area contributed by atoms with E-state index in [1.54, 1.807) is 13.2 Å². The van der Waals surface area contributed by atoms with E-state index in [0.717, 1.165) is 5.76 Å². The van der Waals surface area contributed by atoms with E-state index in [0.29, 0.717) is 19.8 Å². The van der Waals surface area contributed by atoms with E-state index in [1.807, 2.05) is 12.1 Å². The Morgan fingerprint density at radius 3 is 3.11 bits per heavy atom. The lowest BCUT2D eigenvalue weighted by Gasteiger charge is -2.21. The highest BCUT2D eigenvalue weighted by Gasteiger charge is 2.38. The van der Waals surface area contributed by atoms with Gasteiger partial charge in [0.2, 0.25) is 0 Å². The molecule has 0 aromatic carbocycles. The summed E-state index contributed by atoms with van der Waals surface area (Å²) in [6, 6.07) is 3.67. The van der Waals surface area contributed by atoms with Crippen molar-refractivity contribution in [1.29, 1.82) is 0 Å². The summed E-state index contributed by atoms with van der Waals surface area (Å²) in [5, 5.41) is 0. The molecule has 0 radical (unpaired) electrons. The smallest absolute Gasteiger partial charge is 0.173 e. The van der Waals surface area contributed by atoms with E-state index in [2.05, 4.69) is 0 Å². The molecule has 0 aliphatic carbocycles.